The number of methoxy groups -OCH3 is 1. The van der Waals surface area contributed by atoms with E-state index in [1.807, 2.05) is 12.1 Å². The van der Waals surface area contributed by atoms with Crippen LogP contribution in [0.4, 0.5) is 5.69 Å². The zero-order valence-corrected chi connectivity index (χ0v) is 19.5. The fourth-order valence-electron chi connectivity index (χ4n) is 4.60. The minimum Gasteiger partial charge on any atom is -0.493 e. The van der Waals surface area contributed by atoms with Crippen LogP contribution in [0.5, 0.6) is 11.5 Å². The molecule has 0 radical (unpaired) electrons. The number of carbonyl (C=O) groups excluding carboxylic acids is 2. The van der Waals surface area contributed by atoms with Crippen molar-refractivity contribution in [3.05, 3.63) is 53.6 Å². The van der Waals surface area contributed by atoms with Crippen molar-refractivity contribution >= 4 is 17.6 Å². The summed E-state index contributed by atoms with van der Waals surface area (Å²) < 4.78 is 10.4. The summed E-state index contributed by atoms with van der Waals surface area (Å²) in [5.74, 6) is 1.75. The van der Waals surface area contributed by atoms with Crippen molar-refractivity contribution in [1.82, 2.24) is 0 Å². The van der Waals surface area contributed by atoms with Gasteiger partial charge >= 0.3 is 5.97 Å². The van der Waals surface area contributed by atoms with Crippen molar-refractivity contribution < 1.29 is 19.1 Å². The molecule has 2 aromatic carbocycles. The number of rotatable bonds is 9. The maximum Gasteiger partial charge on any atom is 0.308 e. The number of hydrogen-bond acceptors (Lipinski definition) is 4. The molecule has 5 nitrogen and oxygen atoms in total. The van der Waals surface area contributed by atoms with Gasteiger partial charge in [0.15, 0.2) is 11.5 Å². The Bertz CT molecular complexity index is 916. The summed E-state index contributed by atoms with van der Waals surface area (Å²) >= 11 is 0. The van der Waals surface area contributed by atoms with Crippen LogP contribution in [0.2, 0.25) is 0 Å². The van der Waals surface area contributed by atoms with Gasteiger partial charge in [-0.2, -0.15) is 0 Å². The number of nitrogens with one attached hydrogen (secondary N) is 1. The van der Waals surface area contributed by atoms with E-state index in [9.17, 15) is 9.59 Å². The maximum atomic E-state index is 12.6. The smallest absolute Gasteiger partial charge is 0.308 e. The minimum absolute atomic E-state index is 0.0901. The topological polar surface area (TPSA) is 64.6 Å². The Kier molecular flexibility index (Phi) is 8.72. The molecule has 32 heavy (non-hydrogen) atoms. The van der Waals surface area contributed by atoms with E-state index in [1.54, 1.807) is 18.2 Å². The minimum atomic E-state index is -0.414. The summed E-state index contributed by atoms with van der Waals surface area (Å²) in [6, 6.07) is 13.4. The summed E-state index contributed by atoms with van der Waals surface area (Å²) in [7, 11) is 1.51. The molecule has 0 bridgehead atoms. The number of unbranched alkanes of at least 4 members (excludes halogenated alkanes) is 1. The fourth-order valence-corrected chi connectivity index (χ4v) is 4.60. The van der Waals surface area contributed by atoms with Gasteiger partial charge in [-0.25, -0.2) is 0 Å². The Morgan fingerprint density at radius 2 is 1.81 bits per heavy atom. The molecule has 0 unspecified atom stereocenters. The highest BCUT2D eigenvalue weighted by molar-refractivity contribution is 5.92. The predicted octanol–water partition coefficient (Wildman–Crippen LogP) is 6.27. The number of hydrogen-bond donors (Lipinski definition) is 1. The van der Waals surface area contributed by atoms with Crippen LogP contribution >= 0.6 is 0 Å². The van der Waals surface area contributed by atoms with E-state index in [0.717, 1.165) is 17.2 Å². The summed E-state index contributed by atoms with van der Waals surface area (Å²) in [5.41, 5.74) is 2.95. The lowest BCUT2D eigenvalue weighted by molar-refractivity contribution is -0.132. The van der Waals surface area contributed by atoms with E-state index >= 15 is 0 Å². The monoisotopic (exact) mass is 437 g/mol. The molecule has 0 aliphatic heterocycles. The molecular formula is C27H35NO4. The molecule has 1 aliphatic rings. The van der Waals surface area contributed by atoms with Crippen LogP contribution in [-0.4, -0.2) is 19.0 Å². The third-order valence-corrected chi connectivity index (χ3v) is 6.30. The van der Waals surface area contributed by atoms with Gasteiger partial charge in [0.25, 0.3) is 0 Å². The van der Waals surface area contributed by atoms with E-state index < -0.39 is 5.97 Å². The fraction of sp³-hybridized carbons (Fsp3) is 0.481. The molecule has 5 heteroatoms. The first-order valence-electron chi connectivity index (χ1n) is 11.7. The highest BCUT2D eigenvalue weighted by atomic mass is 16.6. The summed E-state index contributed by atoms with van der Waals surface area (Å²) in [4.78, 5) is 23.8. The Morgan fingerprint density at radius 1 is 1.03 bits per heavy atom. The zero-order chi connectivity index (χ0) is 22.9. The van der Waals surface area contributed by atoms with Crippen molar-refractivity contribution in [3.63, 3.8) is 0 Å². The molecule has 0 spiro atoms. The average Bonchev–Trinajstić information content (AvgIpc) is 2.79. The van der Waals surface area contributed by atoms with E-state index in [4.69, 9.17) is 9.47 Å². The number of esters is 1. The zero-order valence-electron chi connectivity index (χ0n) is 19.5. The van der Waals surface area contributed by atoms with Gasteiger partial charge in [0.1, 0.15) is 0 Å². The predicted molar refractivity (Wildman–Crippen MR) is 127 cm³/mol. The number of amides is 1. The second-order valence-electron chi connectivity index (χ2n) is 8.79. The lowest BCUT2D eigenvalue weighted by Crippen LogP contribution is -2.16. The first kappa shape index (κ1) is 23.8. The van der Waals surface area contributed by atoms with Crippen LogP contribution in [0.3, 0.4) is 0 Å². The quantitative estimate of drug-likeness (QED) is 0.371. The maximum absolute atomic E-state index is 12.6. The first-order chi connectivity index (χ1) is 15.5. The second kappa shape index (κ2) is 11.7. The molecule has 0 saturated heterocycles. The molecule has 1 saturated carbocycles. The van der Waals surface area contributed by atoms with Gasteiger partial charge < -0.3 is 14.8 Å². The number of benzene rings is 2. The highest BCUT2D eigenvalue weighted by Crippen LogP contribution is 2.38. The Labute approximate surface area is 191 Å². The van der Waals surface area contributed by atoms with Crippen molar-refractivity contribution in [3.8, 4) is 11.5 Å². The number of ether oxygens (including phenoxy) is 2. The SMILES string of the molecule is CCCCC1CCC(c2cccc(NC(=O)Cc3ccc(OC(C)=O)c(OC)c3)c2)CC1. The van der Waals surface area contributed by atoms with Crippen LogP contribution < -0.4 is 14.8 Å². The molecular weight excluding hydrogens is 402 g/mol. The van der Waals surface area contributed by atoms with Gasteiger partial charge in [0, 0.05) is 12.6 Å². The number of anilines is 1. The molecule has 3 rings (SSSR count). The third-order valence-electron chi connectivity index (χ3n) is 6.30. The molecule has 0 heterocycles. The van der Waals surface area contributed by atoms with E-state index in [1.165, 1.54) is 64.5 Å². The molecule has 1 aliphatic carbocycles. The van der Waals surface area contributed by atoms with Gasteiger partial charge in [-0.15, -0.1) is 0 Å². The first-order valence-corrected chi connectivity index (χ1v) is 11.7. The van der Waals surface area contributed by atoms with Crippen molar-refractivity contribution in [2.24, 2.45) is 5.92 Å². The Morgan fingerprint density at radius 3 is 2.50 bits per heavy atom. The molecule has 1 N–H and O–H groups in total. The lowest BCUT2D eigenvalue weighted by Gasteiger charge is -2.29. The van der Waals surface area contributed by atoms with Gasteiger partial charge in [-0.3, -0.25) is 9.59 Å². The van der Waals surface area contributed by atoms with Gasteiger partial charge in [-0.05, 0) is 72.9 Å². The summed E-state index contributed by atoms with van der Waals surface area (Å²) in [6.07, 6.45) is 9.30. The van der Waals surface area contributed by atoms with Crippen molar-refractivity contribution in [1.29, 1.82) is 0 Å². The van der Waals surface area contributed by atoms with E-state index in [0.29, 0.717) is 17.4 Å². The normalized spacial score (nSPS) is 18.1. The third kappa shape index (κ3) is 6.84. The molecule has 2 aromatic rings. The summed E-state index contributed by atoms with van der Waals surface area (Å²) in [6.45, 7) is 3.60. The van der Waals surface area contributed by atoms with Gasteiger partial charge in [-0.1, -0.05) is 44.4 Å². The largest absolute Gasteiger partial charge is 0.493 e. The Hall–Kier alpha value is -2.82. The average molecular weight is 438 g/mol. The molecule has 0 atom stereocenters. The second-order valence-corrected chi connectivity index (χ2v) is 8.79. The van der Waals surface area contributed by atoms with Crippen LogP contribution in [-0.2, 0) is 16.0 Å². The van der Waals surface area contributed by atoms with E-state index in [-0.39, 0.29) is 12.3 Å². The van der Waals surface area contributed by atoms with Gasteiger partial charge in [0.05, 0.1) is 13.5 Å². The van der Waals surface area contributed by atoms with Crippen molar-refractivity contribution in [2.75, 3.05) is 12.4 Å². The number of carbonyl (C=O) groups is 2. The molecule has 1 amide bonds. The van der Waals surface area contributed by atoms with Crippen molar-refractivity contribution in [2.45, 2.75) is 71.1 Å². The van der Waals surface area contributed by atoms with Gasteiger partial charge in [0.2, 0.25) is 5.91 Å². The van der Waals surface area contributed by atoms with Crippen LogP contribution in [0, 0.1) is 5.92 Å². The highest BCUT2D eigenvalue weighted by Gasteiger charge is 2.22. The molecule has 172 valence electrons. The van der Waals surface area contributed by atoms with Crippen LogP contribution in [0.25, 0.3) is 0 Å². The van der Waals surface area contributed by atoms with Crippen LogP contribution in [0.15, 0.2) is 42.5 Å². The lowest BCUT2D eigenvalue weighted by atomic mass is 9.77. The Balaban J connectivity index is 1.57. The van der Waals surface area contributed by atoms with E-state index in [2.05, 4.69) is 24.4 Å². The van der Waals surface area contributed by atoms with Crippen LogP contribution in [0.1, 0.15) is 75.8 Å². The summed E-state index contributed by atoms with van der Waals surface area (Å²) in [5, 5.41) is 3.03. The standard InChI is InChI=1S/C27H35NO4/c1-4-5-7-20-10-13-22(14-11-20)23-8-6-9-24(18-23)28-27(30)17-21-12-15-25(32-19(2)29)26(16-21)31-3/h6,8-9,12,15-16,18,20,22H,4-5,7,10-11,13-14,17H2,1-3H3,(H,28,30). The molecule has 1 fully saturated rings. The molecule has 0 aromatic heterocycles.